The van der Waals surface area contributed by atoms with Crippen LogP contribution in [0.4, 0.5) is 5.69 Å². The molecule has 0 aromatic heterocycles. The van der Waals surface area contributed by atoms with Gasteiger partial charge in [-0.1, -0.05) is 13.0 Å². The molecule has 0 bridgehead atoms. The van der Waals surface area contributed by atoms with Crippen LogP contribution in [0.25, 0.3) is 0 Å². The zero-order valence-electron chi connectivity index (χ0n) is 13.7. The maximum Gasteiger partial charge on any atom is 0.227 e. The highest BCUT2D eigenvalue weighted by Crippen LogP contribution is 2.42. The van der Waals surface area contributed by atoms with Gasteiger partial charge in [0.1, 0.15) is 0 Å². The molecule has 1 spiro atoms. The largest absolute Gasteiger partial charge is 0.312 e. The molecule has 1 atom stereocenters. The van der Waals surface area contributed by atoms with Gasteiger partial charge in [-0.3, -0.25) is 4.79 Å². The Kier molecular flexibility index (Phi) is 4.37. The van der Waals surface area contributed by atoms with E-state index in [0.717, 1.165) is 0 Å². The molecule has 2 aliphatic heterocycles. The van der Waals surface area contributed by atoms with Crippen LogP contribution in [-0.2, 0) is 14.8 Å². The molecule has 1 aromatic carbocycles. The highest BCUT2D eigenvalue weighted by atomic mass is 32.2. The highest BCUT2D eigenvalue weighted by molar-refractivity contribution is 7.89. The molecule has 7 heteroatoms. The molecule has 24 heavy (non-hydrogen) atoms. The molecule has 1 aromatic rings. The van der Waals surface area contributed by atoms with Crippen LogP contribution in [0.5, 0.6) is 0 Å². The summed E-state index contributed by atoms with van der Waals surface area (Å²) >= 11 is 0. The van der Waals surface area contributed by atoms with Gasteiger partial charge >= 0.3 is 0 Å². The molecule has 1 unspecified atom stereocenters. The van der Waals surface area contributed by atoms with E-state index in [0.29, 0.717) is 50.1 Å². The van der Waals surface area contributed by atoms with Crippen molar-refractivity contribution in [3.63, 3.8) is 0 Å². The Labute approximate surface area is 142 Å². The molecular weight excluding hydrogens is 326 g/mol. The first-order valence-corrected chi connectivity index (χ1v) is 9.78. The number of rotatable bonds is 4. The molecule has 128 valence electrons. The monoisotopic (exact) mass is 347 g/mol. The molecule has 3 rings (SSSR count). The smallest absolute Gasteiger partial charge is 0.227 e. The Morgan fingerprint density at radius 1 is 1.33 bits per heavy atom. The van der Waals surface area contributed by atoms with Crippen LogP contribution in [-0.4, -0.2) is 44.0 Å². The van der Waals surface area contributed by atoms with Crippen LogP contribution in [0.1, 0.15) is 31.7 Å². The van der Waals surface area contributed by atoms with Gasteiger partial charge in [-0.15, -0.1) is 0 Å². The van der Waals surface area contributed by atoms with Crippen LogP contribution in [0, 0.1) is 16.7 Å². The van der Waals surface area contributed by atoms with E-state index in [-0.39, 0.29) is 17.1 Å². The summed E-state index contributed by atoms with van der Waals surface area (Å²) in [5.74, 6) is 0.158. The Morgan fingerprint density at radius 2 is 2.12 bits per heavy atom. The molecule has 0 radical (unpaired) electrons. The first-order valence-electron chi connectivity index (χ1n) is 8.17. The van der Waals surface area contributed by atoms with E-state index in [4.69, 9.17) is 5.26 Å². The van der Waals surface area contributed by atoms with Crippen LogP contribution >= 0.6 is 0 Å². The molecule has 1 amide bonds. The summed E-state index contributed by atoms with van der Waals surface area (Å²) in [7, 11) is -3.22. The topological polar surface area (TPSA) is 81.5 Å². The van der Waals surface area contributed by atoms with E-state index < -0.39 is 10.0 Å². The molecule has 6 nitrogen and oxygen atoms in total. The molecule has 2 heterocycles. The lowest BCUT2D eigenvalue weighted by atomic mass is 9.86. The average Bonchev–Trinajstić information content (AvgIpc) is 3.11. The first-order chi connectivity index (χ1) is 11.4. The Balaban J connectivity index is 1.79. The zero-order valence-corrected chi connectivity index (χ0v) is 14.6. The lowest BCUT2D eigenvalue weighted by Gasteiger charge is -2.24. The van der Waals surface area contributed by atoms with Crippen molar-refractivity contribution in [1.82, 2.24) is 4.31 Å². The molecule has 2 aliphatic rings. The van der Waals surface area contributed by atoms with Crippen molar-refractivity contribution in [3.8, 4) is 6.07 Å². The summed E-state index contributed by atoms with van der Waals surface area (Å²) in [5, 5.41) is 9.02. The molecule has 0 N–H and O–H groups in total. The molecule has 2 saturated heterocycles. The minimum Gasteiger partial charge on any atom is -0.312 e. The number of carbonyl (C=O) groups is 1. The van der Waals surface area contributed by atoms with Crippen LogP contribution in [0.3, 0.4) is 0 Å². The summed E-state index contributed by atoms with van der Waals surface area (Å²) in [5.41, 5.74) is 0.922. The third-order valence-corrected chi connectivity index (χ3v) is 6.89. The van der Waals surface area contributed by atoms with Crippen molar-refractivity contribution < 1.29 is 13.2 Å². The Hall–Kier alpha value is -1.91. The normalized spacial score (nSPS) is 24.7. The number of nitrogens with zero attached hydrogens (tertiary/aromatic N) is 3. The SMILES string of the molecule is CCCS(=O)(=O)N1CCC2(CC(=O)N(c3cccc(C#N)c3)C2)C1. The van der Waals surface area contributed by atoms with Gasteiger partial charge in [-0.05, 0) is 31.0 Å². The van der Waals surface area contributed by atoms with Crippen molar-refractivity contribution >= 4 is 21.6 Å². The second-order valence-corrected chi connectivity index (χ2v) is 8.81. The first kappa shape index (κ1) is 16.9. The van der Waals surface area contributed by atoms with E-state index in [1.165, 1.54) is 0 Å². The van der Waals surface area contributed by atoms with Gasteiger partial charge in [0.05, 0.1) is 17.4 Å². The van der Waals surface area contributed by atoms with E-state index in [1.807, 2.05) is 13.0 Å². The molecular formula is C17H21N3O3S. The fourth-order valence-corrected chi connectivity index (χ4v) is 5.28. The van der Waals surface area contributed by atoms with E-state index in [9.17, 15) is 13.2 Å². The summed E-state index contributed by atoms with van der Waals surface area (Å²) < 4.78 is 26.1. The van der Waals surface area contributed by atoms with Crippen molar-refractivity contribution in [2.24, 2.45) is 5.41 Å². The second kappa shape index (κ2) is 6.19. The number of anilines is 1. The summed E-state index contributed by atoms with van der Waals surface area (Å²) in [4.78, 5) is 14.2. The summed E-state index contributed by atoms with van der Waals surface area (Å²) in [6.45, 7) is 3.27. The summed E-state index contributed by atoms with van der Waals surface area (Å²) in [6, 6.07) is 9.07. The van der Waals surface area contributed by atoms with Gasteiger partial charge in [0.15, 0.2) is 0 Å². The van der Waals surface area contributed by atoms with E-state index in [2.05, 4.69) is 6.07 Å². The van der Waals surface area contributed by atoms with E-state index in [1.54, 1.807) is 27.4 Å². The fourth-order valence-electron chi connectivity index (χ4n) is 3.67. The van der Waals surface area contributed by atoms with Gasteiger partial charge < -0.3 is 4.90 Å². The maximum absolute atomic E-state index is 12.5. The standard InChI is InChI=1S/C17H21N3O3S/c1-2-8-24(22,23)19-7-6-17(12-19)10-16(21)20(13-17)15-5-3-4-14(9-15)11-18/h3-5,9H,2,6-8,10,12-13H2,1H3. The quantitative estimate of drug-likeness (QED) is 0.830. The highest BCUT2D eigenvalue weighted by Gasteiger charge is 2.49. The van der Waals surface area contributed by atoms with Crippen molar-refractivity contribution in [2.75, 3.05) is 30.3 Å². The lowest BCUT2D eigenvalue weighted by molar-refractivity contribution is -0.117. The van der Waals surface area contributed by atoms with Crippen molar-refractivity contribution in [3.05, 3.63) is 29.8 Å². The Bertz CT molecular complexity index is 800. The fraction of sp³-hybridized carbons (Fsp3) is 0.529. The average molecular weight is 347 g/mol. The van der Waals surface area contributed by atoms with Crippen LogP contribution < -0.4 is 4.90 Å². The molecule has 0 saturated carbocycles. The third-order valence-electron chi connectivity index (χ3n) is 4.87. The number of carbonyl (C=O) groups excluding carboxylic acids is 1. The number of hydrogen-bond acceptors (Lipinski definition) is 4. The zero-order chi connectivity index (χ0) is 17.4. The molecule has 0 aliphatic carbocycles. The van der Waals surface area contributed by atoms with Gasteiger partial charge in [-0.2, -0.15) is 5.26 Å². The lowest BCUT2D eigenvalue weighted by Crippen LogP contribution is -2.35. The van der Waals surface area contributed by atoms with Gasteiger partial charge in [0.25, 0.3) is 0 Å². The minimum absolute atomic E-state index is 0.000158. The van der Waals surface area contributed by atoms with Gasteiger partial charge in [0.2, 0.25) is 15.9 Å². The number of nitriles is 1. The van der Waals surface area contributed by atoms with Crippen LogP contribution in [0.15, 0.2) is 24.3 Å². The number of hydrogen-bond donors (Lipinski definition) is 0. The van der Waals surface area contributed by atoms with Gasteiger partial charge in [0, 0.05) is 37.2 Å². The number of amides is 1. The molecule has 2 fully saturated rings. The Morgan fingerprint density at radius 3 is 2.83 bits per heavy atom. The second-order valence-electron chi connectivity index (χ2n) is 6.72. The van der Waals surface area contributed by atoms with Crippen LogP contribution in [0.2, 0.25) is 0 Å². The summed E-state index contributed by atoms with van der Waals surface area (Å²) in [6.07, 6.45) is 1.66. The number of benzene rings is 1. The predicted molar refractivity (Wildman–Crippen MR) is 90.8 cm³/mol. The third kappa shape index (κ3) is 3.04. The van der Waals surface area contributed by atoms with E-state index >= 15 is 0 Å². The minimum atomic E-state index is -3.22. The van der Waals surface area contributed by atoms with Crippen molar-refractivity contribution in [2.45, 2.75) is 26.2 Å². The predicted octanol–water partition coefficient (Wildman–Crippen LogP) is 1.73. The maximum atomic E-state index is 12.5. The van der Waals surface area contributed by atoms with Gasteiger partial charge in [-0.25, -0.2) is 12.7 Å². The number of sulfonamides is 1. The van der Waals surface area contributed by atoms with Crippen molar-refractivity contribution in [1.29, 1.82) is 5.26 Å².